The van der Waals surface area contributed by atoms with Gasteiger partial charge in [0.05, 0.1) is 0 Å². The zero-order valence-corrected chi connectivity index (χ0v) is 21.4. The van der Waals surface area contributed by atoms with Crippen molar-refractivity contribution >= 4 is 11.6 Å². The number of nitrogens with one attached hydrogen (secondary N) is 2. The van der Waals surface area contributed by atoms with Gasteiger partial charge in [0.25, 0.3) is 0 Å². The van der Waals surface area contributed by atoms with E-state index in [4.69, 9.17) is 0 Å². The summed E-state index contributed by atoms with van der Waals surface area (Å²) in [5.74, 6) is -0.103. The molecule has 2 aliphatic rings. The summed E-state index contributed by atoms with van der Waals surface area (Å²) in [7, 11) is 0. The van der Waals surface area contributed by atoms with Gasteiger partial charge in [-0.2, -0.15) is 0 Å². The molecule has 1 amide bonds. The fourth-order valence-electron chi connectivity index (χ4n) is 4.82. The maximum atomic E-state index is 13.3. The number of hydrogen-bond acceptors (Lipinski definition) is 3. The molecule has 0 bridgehead atoms. The SMILES string of the molecule is C=CCN(c1cc(C2C[I-]2)cc(C(=O)NCc2c(C)cc(C)[nH]c2=O)c1C)C1CCCC1. The van der Waals surface area contributed by atoms with E-state index in [1.165, 1.54) is 41.4 Å². The predicted molar refractivity (Wildman–Crippen MR) is 126 cm³/mol. The Morgan fingerprint density at radius 1 is 1.25 bits per heavy atom. The second kappa shape index (κ2) is 9.81. The number of H-pyrrole nitrogens is 1. The minimum absolute atomic E-state index is 0.103. The number of anilines is 1. The van der Waals surface area contributed by atoms with E-state index in [9.17, 15) is 9.59 Å². The Morgan fingerprint density at radius 2 is 1.97 bits per heavy atom. The molecule has 2 fully saturated rings. The average molecular weight is 546 g/mol. The molecule has 172 valence electrons. The summed E-state index contributed by atoms with van der Waals surface area (Å²) < 4.78 is 1.96. The fraction of sp³-hybridized carbons (Fsp3) is 0.462. The number of amides is 1. The molecule has 4 rings (SSSR count). The maximum absolute atomic E-state index is 13.3. The van der Waals surface area contributed by atoms with Crippen molar-refractivity contribution in [3.05, 3.63) is 74.7 Å². The standard InChI is InChI=1S/C26H33IN3O2/c1-5-10-30(20-8-6-7-9-20)24-13-19(23-14-27-23)12-21(18(24)4)25(31)28-15-22-16(2)11-17(3)29-26(22)32/h5,11-13,20,23H,1,6-10,14-15H2,2-4H3,(H,28,31)(H,29,32)/q-1. The number of pyridine rings is 1. The molecule has 32 heavy (non-hydrogen) atoms. The van der Waals surface area contributed by atoms with Crippen molar-refractivity contribution in [1.82, 2.24) is 10.3 Å². The number of halogens is 1. The van der Waals surface area contributed by atoms with E-state index >= 15 is 0 Å². The number of aromatic amines is 1. The molecule has 1 saturated heterocycles. The molecule has 0 radical (unpaired) electrons. The van der Waals surface area contributed by atoms with Gasteiger partial charge in [0, 0.05) is 0 Å². The number of hydrogen-bond donors (Lipinski definition) is 2. The zero-order valence-electron chi connectivity index (χ0n) is 19.3. The van der Waals surface area contributed by atoms with Crippen LogP contribution in [0.1, 0.15) is 67.9 Å². The molecule has 2 aromatic rings. The molecule has 1 unspecified atom stereocenters. The molecule has 5 nitrogen and oxygen atoms in total. The number of aryl methyl sites for hydroxylation is 2. The van der Waals surface area contributed by atoms with Gasteiger partial charge in [0.15, 0.2) is 0 Å². The third-order valence-electron chi connectivity index (χ3n) is 6.64. The van der Waals surface area contributed by atoms with Gasteiger partial charge in [-0.3, -0.25) is 0 Å². The van der Waals surface area contributed by atoms with Crippen molar-refractivity contribution < 1.29 is 26.0 Å². The Labute approximate surface area is 200 Å². The van der Waals surface area contributed by atoms with Gasteiger partial charge in [0.1, 0.15) is 0 Å². The van der Waals surface area contributed by atoms with Crippen LogP contribution in [0.25, 0.3) is 0 Å². The predicted octanol–water partition coefficient (Wildman–Crippen LogP) is 1.31. The third-order valence-corrected chi connectivity index (χ3v) is 9.12. The normalized spacial score (nSPS) is 18.2. The number of nitrogens with zero attached hydrogens (tertiary/aromatic N) is 1. The molecule has 2 N–H and O–H groups in total. The number of rotatable bonds is 8. The van der Waals surface area contributed by atoms with Gasteiger partial charge in [-0.1, -0.05) is 0 Å². The van der Waals surface area contributed by atoms with E-state index in [1.54, 1.807) is 0 Å². The van der Waals surface area contributed by atoms with Crippen LogP contribution in [0.3, 0.4) is 0 Å². The van der Waals surface area contributed by atoms with Crippen LogP contribution in [0.5, 0.6) is 0 Å². The first-order valence-corrected chi connectivity index (χ1v) is 14.2. The molecule has 1 aliphatic heterocycles. The summed E-state index contributed by atoms with van der Waals surface area (Å²) >= 11 is 0.228. The van der Waals surface area contributed by atoms with Crippen LogP contribution in [-0.4, -0.2) is 27.9 Å². The topological polar surface area (TPSA) is 65.2 Å². The first-order chi connectivity index (χ1) is 15.4. The van der Waals surface area contributed by atoms with Crippen molar-refractivity contribution in [3.63, 3.8) is 0 Å². The van der Waals surface area contributed by atoms with Gasteiger partial charge >= 0.3 is 201 Å². The van der Waals surface area contributed by atoms with E-state index in [0.29, 0.717) is 15.5 Å². The van der Waals surface area contributed by atoms with Crippen LogP contribution < -0.4 is 37.0 Å². The summed E-state index contributed by atoms with van der Waals surface area (Å²) in [6.07, 6.45) is 6.91. The Hall–Kier alpha value is -2.09. The molecule has 0 spiro atoms. The first-order valence-electron chi connectivity index (χ1n) is 11.5. The van der Waals surface area contributed by atoms with Crippen molar-refractivity contribution in [1.29, 1.82) is 0 Å². The van der Waals surface area contributed by atoms with Crippen molar-refractivity contribution in [2.24, 2.45) is 0 Å². The van der Waals surface area contributed by atoms with Crippen LogP contribution in [0.2, 0.25) is 0 Å². The molecule has 1 aromatic heterocycles. The Balaban J connectivity index is 1.65. The van der Waals surface area contributed by atoms with E-state index in [1.807, 2.05) is 26.0 Å². The summed E-state index contributed by atoms with van der Waals surface area (Å²) in [5, 5.41) is 3.02. The van der Waals surface area contributed by atoms with Crippen molar-refractivity contribution in [2.45, 2.75) is 63.0 Å². The molecule has 1 atom stereocenters. The summed E-state index contributed by atoms with van der Waals surface area (Å²) in [6.45, 7) is 10.9. The molecule has 2 heterocycles. The fourth-order valence-corrected chi connectivity index (χ4v) is 6.45. The molecular formula is C26H33IN3O2-. The monoisotopic (exact) mass is 546 g/mol. The van der Waals surface area contributed by atoms with Crippen molar-refractivity contribution in [3.8, 4) is 0 Å². The van der Waals surface area contributed by atoms with E-state index in [0.717, 1.165) is 28.9 Å². The Bertz CT molecular complexity index is 1080. The van der Waals surface area contributed by atoms with Crippen LogP contribution in [0, 0.1) is 20.8 Å². The second-order valence-corrected chi connectivity index (χ2v) is 12.3. The number of carbonyl (C=O) groups is 1. The van der Waals surface area contributed by atoms with Gasteiger partial charge in [-0.05, 0) is 0 Å². The molecule has 6 heteroatoms. The first kappa shape index (κ1) is 23.1. The number of benzene rings is 1. The number of carbonyl (C=O) groups excluding carboxylic acids is 1. The van der Waals surface area contributed by atoms with Crippen LogP contribution >= 0.6 is 0 Å². The molecular weight excluding hydrogens is 513 g/mol. The summed E-state index contributed by atoms with van der Waals surface area (Å²) in [4.78, 5) is 31.0. The Morgan fingerprint density at radius 3 is 2.59 bits per heavy atom. The van der Waals surface area contributed by atoms with Gasteiger partial charge < -0.3 is 0 Å². The van der Waals surface area contributed by atoms with Gasteiger partial charge in [0.2, 0.25) is 0 Å². The van der Waals surface area contributed by atoms with Crippen LogP contribution in [0.15, 0.2) is 35.6 Å². The van der Waals surface area contributed by atoms with E-state index < -0.39 is 0 Å². The van der Waals surface area contributed by atoms with Crippen LogP contribution in [0.4, 0.5) is 5.69 Å². The second-order valence-electron chi connectivity index (χ2n) is 8.99. The van der Waals surface area contributed by atoms with E-state index in [-0.39, 0.29) is 39.2 Å². The van der Waals surface area contributed by atoms with Crippen molar-refractivity contribution in [2.75, 3.05) is 15.9 Å². The zero-order chi connectivity index (χ0) is 22.8. The number of aromatic nitrogens is 1. The molecule has 1 aromatic carbocycles. The third kappa shape index (κ3) is 4.95. The summed E-state index contributed by atoms with van der Waals surface area (Å²) in [6, 6.07) is 6.89. The van der Waals surface area contributed by atoms with Gasteiger partial charge in [-0.15, -0.1) is 0 Å². The van der Waals surface area contributed by atoms with Crippen LogP contribution in [-0.2, 0) is 6.54 Å². The minimum atomic E-state index is -0.130. The quantitative estimate of drug-likeness (QED) is 0.298. The molecule has 1 saturated carbocycles. The Kier molecular flexibility index (Phi) is 7.08. The average Bonchev–Trinajstić information content (AvgIpc) is 3.46. The molecule has 1 aliphatic carbocycles. The summed E-state index contributed by atoms with van der Waals surface area (Å²) in [5.41, 5.74) is 6.46. The number of alkyl halides is 2. The van der Waals surface area contributed by atoms with Gasteiger partial charge in [-0.25, -0.2) is 0 Å². The van der Waals surface area contributed by atoms with E-state index in [2.05, 4.69) is 40.8 Å².